The minimum Gasteiger partial charge on any atom is -0.469 e. The van der Waals surface area contributed by atoms with Gasteiger partial charge in [-0.3, -0.25) is 4.79 Å². The first-order valence-corrected chi connectivity index (χ1v) is 11.7. The Hall–Kier alpha value is -3.87. The number of aromatic nitrogens is 2. The number of carbonyl (C=O) groups excluding carboxylic acids is 1. The Morgan fingerprint density at radius 2 is 1.74 bits per heavy atom. The van der Waals surface area contributed by atoms with E-state index in [1.54, 1.807) is 0 Å². The largest absolute Gasteiger partial charge is 0.469 e. The molecule has 0 saturated heterocycles. The molecule has 0 unspecified atom stereocenters. The average Bonchev–Trinajstić information content (AvgIpc) is 3.27. The minimum absolute atomic E-state index is 0.165. The molecule has 2 heterocycles. The van der Waals surface area contributed by atoms with Crippen molar-refractivity contribution in [3.63, 3.8) is 0 Å². The molecule has 0 fully saturated rings. The lowest BCUT2D eigenvalue weighted by atomic mass is 9.99. The van der Waals surface area contributed by atoms with Crippen molar-refractivity contribution in [1.82, 2.24) is 9.97 Å². The van der Waals surface area contributed by atoms with Gasteiger partial charge in [0, 0.05) is 36.3 Å². The summed E-state index contributed by atoms with van der Waals surface area (Å²) in [7, 11) is 1.42. The zero-order valence-corrected chi connectivity index (χ0v) is 19.6. The predicted octanol–water partition coefficient (Wildman–Crippen LogP) is 6.13. The van der Waals surface area contributed by atoms with Crippen LogP contribution < -0.4 is 10.6 Å². The van der Waals surface area contributed by atoms with Crippen molar-refractivity contribution in [2.45, 2.75) is 32.6 Å². The van der Waals surface area contributed by atoms with Gasteiger partial charge in [0.15, 0.2) is 0 Å². The molecule has 2 aromatic heterocycles. The number of methoxy groups -OCH3 is 1. The van der Waals surface area contributed by atoms with E-state index >= 15 is 0 Å². The third-order valence-electron chi connectivity index (χ3n) is 5.66. The number of nitrogens with zero attached hydrogens (tertiary/aromatic N) is 2. The summed E-state index contributed by atoms with van der Waals surface area (Å²) < 4.78 is 11.0. The molecular formula is C27H30N4O3. The van der Waals surface area contributed by atoms with Crippen molar-refractivity contribution < 1.29 is 13.9 Å². The third kappa shape index (κ3) is 5.36. The van der Waals surface area contributed by atoms with Crippen molar-refractivity contribution in [3.8, 4) is 22.5 Å². The molecule has 4 aromatic rings. The predicted molar refractivity (Wildman–Crippen MR) is 136 cm³/mol. The van der Waals surface area contributed by atoms with Gasteiger partial charge in [-0.25, -0.2) is 9.97 Å². The zero-order valence-electron chi connectivity index (χ0n) is 19.6. The van der Waals surface area contributed by atoms with Crippen molar-refractivity contribution in [2.75, 3.05) is 30.8 Å². The smallest absolute Gasteiger partial charge is 0.305 e. The number of rotatable bonds is 11. The first kappa shape index (κ1) is 23.3. The van der Waals surface area contributed by atoms with Crippen LogP contribution in [0.5, 0.6) is 0 Å². The van der Waals surface area contributed by atoms with Gasteiger partial charge in [0.2, 0.25) is 5.71 Å². The van der Waals surface area contributed by atoms with E-state index in [-0.39, 0.29) is 5.97 Å². The summed E-state index contributed by atoms with van der Waals surface area (Å²) in [5.74, 6) is 1.35. The second-order valence-corrected chi connectivity index (χ2v) is 8.00. The Morgan fingerprint density at radius 1 is 0.941 bits per heavy atom. The summed E-state index contributed by atoms with van der Waals surface area (Å²) in [5, 5.41) is 7.67. The monoisotopic (exact) mass is 458 g/mol. The number of esters is 1. The van der Waals surface area contributed by atoms with Crippen LogP contribution in [0.1, 0.15) is 32.6 Å². The Balaban J connectivity index is 1.65. The molecule has 2 N–H and O–H groups in total. The maximum absolute atomic E-state index is 11.3. The lowest BCUT2D eigenvalue weighted by molar-refractivity contribution is -0.140. The number of carbonyl (C=O) groups is 1. The quantitative estimate of drug-likeness (QED) is 0.206. The lowest BCUT2D eigenvalue weighted by Crippen LogP contribution is -2.05. The molecule has 0 aliphatic rings. The van der Waals surface area contributed by atoms with E-state index in [0.29, 0.717) is 12.1 Å². The molecule has 7 nitrogen and oxygen atoms in total. The van der Waals surface area contributed by atoms with Crippen LogP contribution in [0.25, 0.3) is 33.6 Å². The molecule has 34 heavy (non-hydrogen) atoms. The van der Waals surface area contributed by atoms with Crippen LogP contribution in [0.15, 0.2) is 65.3 Å². The molecule has 0 amide bonds. The van der Waals surface area contributed by atoms with Crippen LogP contribution in [0, 0.1) is 0 Å². The van der Waals surface area contributed by atoms with Crippen LogP contribution in [-0.4, -0.2) is 36.1 Å². The maximum atomic E-state index is 11.3. The number of anilines is 2. The molecule has 0 atom stereocenters. The Labute approximate surface area is 199 Å². The van der Waals surface area contributed by atoms with Crippen LogP contribution in [0.2, 0.25) is 0 Å². The fourth-order valence-corrected chi connectivity index (χ4v) is 3.97. The number of benzene rings is 2. The van der Waals surface area contributed by atoms with E-state index in [0.717, 1.165) is 71.7 Å². The highest BCUT2D eigenvalue weighted by atomic mass is 16.5. The molecule has 176 valence electrons. The standard InChI is InChI=1S/C27H30N4O3/c1-3-28-21-15-13-19(14-16-21)23-24-26(29-17-9-5-8-12-22(32)33-2)30-18-31-27(24)34-25(23)20-10-6-4-7-11-20/h4,6-7,10-11,13-16,18,28H,3,5,8-9,12,17H2,1-2H3,(H,29,30,31). The molecular weight excluding hydrogens is 428 g/mol. The second kappa shape index (κ2) is 11.3. The van der Waals surface area contributed by atoms with Gasteiger partial charge in [-0.2, -0.15) is 0 Å². The lowest BCUT2D eigenvalue weighted by Gasteiger charge is -2.09. The van der Waals surface area contributed by atoms with Gasteiger partial charge >= 0.3 is 5.97 Å². The van der Waals surface area contributed by atoms with Gasteiger partial charge in [-0.05, 0) is 37.5 Å². The number of hydrogen-bond donors (Lipinski definition) is 2. The summed E-state index contributed by atoms with van der Waals surface area (Å²) in [5.41, 5.74) is 4.61. The average molecular weight is 459 g/mol. The number of ether oxygens (including phenoxy) is 1. The summed E-state index contributed by atoms with van der Waals surface area (Å²) in [6, 6.07) is 18.4. The molecule has 4 rings (SSSR count). The molecule has 7 heteroatoms. The van der Waals surface area contributed by atoms with Crippen LogP contribution in [0.3, 0.4) is 0 Å². The topological polar surface area (TPSA) is 89.3 Å². The van der Waals surface area contributed by atoms with Gasteiger partial charge in [0.1, 0.15) is 17.9 Å². The summed E-state index contributed by atoms with van der Waals surface area (Å²) in [4.78, 5) is 20.3. The van der Waals surface area contributed by atoms with Crippen LogP contribution in [-0.2, 0) is 9.53 Å². The Morgan fingerprint density at radius 3 is 2.47 bits per heavy atom. The van der Waals surface area contributed by atoms with Crippen LogP contribution in [0.4, 0.5) is 11.5 Å². The van der Waals surface area contributed by atoms with E-state index in [9.17, 15) is 4.79 Å². The zero-order chi connectivity index (χ0) is 23.8. The molecule has 0 radical (unpaired) electrons. The minimum atomic E-state index is -0.165. The van der Waals surface area contributed by atoms with Gasteiger partial charge in [0.25, 0.3) is 0 Å². The number of unbranched alkanes of at least 4 members (excludes halogenated alkanes) is 2. The fourth-order valence-electron chi connectivity index (χ4n) is 3.97. The maximum Gasteiger partial charge on any atom is 0.305 e. The van der Waals surface area contributed by atoms with Gasteiger partial charge in [0.05, 0.1) is 12.5 Å². The number of furan rings is 1. The Kier molecular flexibility index (Phi) is 7.75. The van der Waals surface area contributed by atoms with E-state index in [2.05, 4.69) is 51.8 Å². The Bertz CT molecular complexity index is 1220. The summed E-state index contributed by atoms with van der Waals surface area (Å²) in [6.45, 7) is 3.68. The number of nitrogens with one attached hydrogen (secondary N) is 2. The summed E-state index contributed by atoms with van der Waals surface area (Å²) >= 11 is 0. The van der Waals surface area contributed by atoms with Crippen LogP contribution >= 0.6 is 0 Å². The van der Waals surface area contributed by atoms with Crippen molar-refractivity contribution in [1.29, 1.82) is 0 Å². The van der Waals surface area contributed by atoms with Gasteiger partial charge < -0.3 is 19.8 Å². The van der Waals surface area contributed by atoms with Gasteiger partial charge in [-0.1, -0.05) is 48.9 Å². The van der Waals surface area contributed by atoms with E-state index in [4.69, 9.17) is 9.15 Å². The highest BCUT2D eigenvalue weighted by molar-refractivity contribution is 6.05. The molecule has 0 aliphatic carbocycles. The van der Waals surface area contributed by atoms with Gasteiger partial charge in [-0.15, -0.1) is 0 Å². The van der Waals surface area contributed by atoms with E-state index < -0.39 is 0 Å². The first-order chi connectivity index (χ1) is 16.7. The third-order valence-corrected chi connectivity index (χ3v) is 5.66. The molecule has 0 aliphatic heterocycles. The molecule has 0 spiro atoms. The number of hydrogen-bond acceptors (Lipinski definition) is 7. The normalized spacial score (nSPS) is 10.9. The molecule has 0 saturated carbocycles. The highest BCUT2D eigenvalue weighted by Gasteiger charge is 2.22. The second-order valence-electron chi connectivity index (χ2n) is 8.00. The summed E-state index contributed by atoms with van der Waals surface area (Å²) in [6.07, 6.45) is 4.62. The van der Waals surface area contributed by atoms with Crippen molar-refractivity contribution in [3.05, 3.63) is 60.9 Å². The van der Waals surface area contributed by atoms with E-state index in [1.807, 2.05) is 30.3 Å². The molecule has 0 bridgehead atoms. The van der Waals surface area contributed by atoms with Crippen molar-refractivity contribution >= 4 is 28.6 Å². The SMILES string of the molecule is CCNc1ccc(-c2c(-c3ccccc3)oc3ncnc(NCCCCCC(=O)OC)c23)cc1. The van der Waals surface area contributed by atoms with Crippen molar-refractivity contribution in [2.24, 2.45) is 0 Å². The molecule has 2 aromatic carbocycles. The highest BCUT2D eigenvalue weighted by Crippen LogP contribution is 2.42. The fraction of sp³-hybridized carbons (Fsp3) is 0.296. The number of fused-ring (bicyclic) bond motifs is 1. The first-order valence-electron chi connectivity index (χ1n) is 11.7. The van der Waals surface area contributed by atoms with E-state index in [1.165, 1.54) is 13.4 Å².